The predicted molar refractivity (Wildman–Crippen MR) is 117 cm³/mol. The summed E-state index contributed by atoms with van der Waals surface area (Å²) in [6.07, 6.45) is 5.34. The molecule has 2 aliphatic carbocycles. The molecule has 7 nitrogen and oxygen atoms in total. The molecule has 0 aromatic carbocycles. The van der Waals surface area contributed by atoms with Crippen LogP contribution in [0.2, 0.25) is 0 Å². The first-order chi connectivity index (χ1) is 14.5. The number of hydrogen-bond donors (Lipinski definition) is 1. The van der Waals surface area contributed by atoms with E-state index in [0.29, 0.717) is 19.0 Å². The zero-order valence-electron chi connectivity index (χ0n) is 17.3. The molecule has 2 bridgehead atoms. The summed E-state index contributed by atoms with van der Waals surface area (Å²) in [6, 6.07) is 4.10. The van der Waals surface area contributed by atoms with Crippen LogP contribution in [-0.2, 0) is 4.79 Å². The Kier molecular flexibility index (Phi) is 5.35. The molecule has 2 aromatic rings. The van der Waals surface area contributed by atoms with Crippen molar-refractivity contribution in [2.75, 3.05) is 13.1 Å². The van der Waals surface area contributed by atoms with E-state index >= 15 is 0 Å². The second-order valence-corrected chi connectivity index (χ2v) is 11.0. The zero-order chi connectivity index (χ0) is 20.8. The molecule has 5 rings (SSSR count). The lowest BCUT2D eigenvalue weighted by atomic mass is 9.84. The van der Waals surface area contributed by atoms with Crippen LogP contribution in [0.3, 0.4) is 0 Å². The molecule has 160 valence electrons. The number of urea groups is 1. The van der Waals surface area contributed by atoms with E-state index in [2.05, 4.69) is 38.5 Å². The Morgan fingerprint density at radius 2 is 2.17 bits per heavy atom. The van der Waals surface area contributed by atoms with Gasteiger partial charge >= 0.3 is 6.03 Å². The largest absolute Gasteiger partial charge is 0.336 e. The fourth-order valence-electron chi connectivity index (χ4n) is 5.48. The first kappa shape index (κ1) is 20.1. The molecule has 0 spiro atoms. The summed E-state index contributed by atoms with van der Waals surface area (Å²) in [5, 5.41) is 14.2. The fraction of sp³-hybridized carbons (Fsp3) is 0.619. The minimum atomic E-state index is -0.403. The maximum atomic E-state index is 12.8. The molecule has 5 atom stereocenters. The molecule has 3 fully saturated rings. The minimum Gasteiger partial charge on any atom is -0.336 e. The van der Waals surface area contributed by atoms with E-state index < -0.39 is 5.25 Å². The first-order valence-corrected chi connectivity index (χ1v) is 12.5. The van der Waals surface area contributed by atoms with Crippen molar-refractivity contribution in [2.24, 2.45) is 17.8 Å². The zero-order valence-corrected chi connectivity index (χ0v) is 18.9. The molecule has 2 aromatic heterocycles. The summed E-state index contributed by atoms with van der Waals surface area (Å²) in [6.45, 7) is 5.08. The van der Waals surface area contributed by atoms with Crippen molar-refractivity contribution in [3.8, 4) is 10.7 Å². The SMILES string of the molecule is C[C@H](Sc1nnc(-c2cccs2)n1[C@@H](C)[C@@H]1C[C@H]2CC[C@H]1C2)C(=O)N1CCNC1=O. The van der Waals surface area contributed by atoms with Gasteiger partial charge in [0.05, 0.1) is 10.1 Å². The molecule has 30 heavy (non-hydrogen) atoms. The van der Waals surface area contributed by atoms with Gasteiger partial charge in [-0.2, -0.15) is 0 Å². The fourth-order valence-corrected chi connectivity index (χ4v) is 7.19. The molecule has 3 aliphatic rings. The van der Waals surface area contributed by atoms with E-state index in [9.17, 15) is 9.59 Å². The molecule has 9 heteroatoms. The highest BCUT2D eigenvalue weighted by atomic mass is 32.2. The molecule has 0 unspecified atom stereocenters. The Morgan fingerprint density at radius 1 is 1.30 bits per heavy atom. The number of fused-ring (bicyclic) bond motifs is 2. The summed E-state index contributed by atoms with van der Waals surface area (Å²) < 4.78 is 2.26. The Hall–Kier alpha value is -1.87. The number of hydrogen-bond acceptors (Lipinski definition) is 6. The second-order valence-electron chi connectivity index (χ2n) is 8.71. The van der Waals surface area contributed by atoms with E-state index in [-0.39, 0.29) is 18.0 Å². The van der Waals surface area contributed by atoms with Gasteiger partial charge in [-0.25, -0.2) is 4.79 Å². The first-order valence-electron chi connectivity index (χ1n) is 10.8. The van der Waals surface area contributed by atoms with Crippen LogP contribution < -0.4 is 5.32 Å². The minimum absolute atomic E-state index is 0.171. The van der Waals surface area contributed by atoms with E-state index in [0.717, 1.165) is 27.7 Å². The number of carbonyl (C=O) groups is 2. The van der Waals surface area contributed by atoms with Crippen molar-refractivity contribution < 1.29 is 9.59 Å². The molecule has 3 heterocycles. The molecule has 0 radical (unpaired) electrons. The van der Waals surface area contributed by atoms with Gasteiger partial charge in [0.15, 0.2) is 11.0 Å². The van der Waals surface area contributed by atoms with E-state index in [4.69, 9.17) is 0 Å². The lowest BCUT2D eigenvalue weighted by Gasteiger charge is -2.30. The van der Waals surface area contributed by atoms with Gasteiger partial charge in [-0.1, -0.05) is 24.2 Å². The number of nitrogens with zero attached hydrogens (tertiary/aromatic N) is 4. The molecule has 1 N–H and O–H groups in total. The van der Waals surface area contributed by atoms with Crippen molar-refractivity contribution in [1.29, 1.82) is 0 Å². The van der Waals surface area contributed by atoms with Gasteiger partial charge in [0.2, 0.25) is 5.91 Å². The normalized spacial score (nSPS) is 27.5. The smallest absolute Gasteiger partial charge is 0.324 e. The number of thioether (sulfide) groups is 1. The van der Waals surface area contributed by atoms with Crippen molar-refractivity contribution in [3.63, 3.8) is 0 Å². The Labute approximate surface area is 184 Å². The molecular formula is C21H27N5O2S2. The second kappa shape index (κ2) is 8.00. The van der Waals surface area contributed by atoms with Crippen LogP contribution in [-0.4, -0.2) is 49.9 Å². The van der Waals surface area contributed by atoms with Crippen LogP contribution in [0.15, 0.2) is 22.7 Å². The van der Waals surface area contributed by atoms with E-state index in [1.807, 2.05) is 13.0 Å². The van der Waals surface area contributed by atoms with Crippen LogP contribution in [0, 0.1) is 17.8 Å². The lowest BCUT2D eigenvalue weighted by Crippen LogP contribution is -2.39. The Balaban J connectivity index is 1.43. The molecule has 1 saturated heterocycles. The van der Waals surface area contributed by atoms with E-state index in [1.54, 1.807) is 11.3 Å². The van der Waals surface area contributed by atoms with Crippen LogP contribution in [0.4, 0.5) is 4.79 Å². The summed E-state index contributed by atoms with van der Waals surface area (Å²) in [5.41, 5.74) is 0. The number of aromatic nitrogens is 3. The molecular weight excluding hydrogens is 418 g/mol. The molecule has 1 aliphatic heterocycles. The summed E-state index contributed by atoms with van der Waals surface area (Å²) in [7, 11) is 0. The van der Waals surface area contributed by atoms with Gasteiger partial charge in [-0.3, -0.25) is 14.3 Å². The highest BCUT2D eigenvalue weighted by Gasteiger charge is 2.43. The Morgan fingerprint density at radius 3 is 2.80 bits per heavy atom. The molecule has 2 saturated carbocycles. The van der Waals surface area contributed by atoms with Gasteiger partial charge in [0.1, 0.15) is 0 Å². The summed E-state index contributed by atoms with van der Waals surface area (Å²) in [5.74, 6) is 3.01. The maximum Gasteiger partial charge on any atom is 0.324 e. The number of nitrogens with one attached hydrogen (secondary N) is 1. The highest BCUT2D eigenvalue weighted by Crippen LogP contribution is 2.53. The maximum absolute atomic E-state index is 12.8. The third-order valence-electron chi connectivity index (χ3n) is 6.98. The van der Waals surface area contributed by atoms with Gasteiger partial charge in [-0.05, 0) is 62.3 Å². The third kappa shape index (κ3) is 3.45. The van der Waals surface area contributed by atoms with Crippen molar-refractivity contribution in [1.82, 2.24) is 25.0 Å². The Bertz CT molecular complexity index is 943. The average molecular weight is 446 g/mol. The predicted octanol–water partition coefficient (Wildman–Crippen LogP) is 4.04. The number of amides is 3. The van der Waals surface area contributed by atoms with Gasteiger partial charge < -0.3 is 5.32 Å². The quantitative estimate of drug-likeness (QED) is 0.679. The van der Waals surface area contributed by atoms with Crippen LogP contribution in [0.1, 0.15) is 45.6 Å². The molecule has 3 amide bonds. The lowest BCUT2D eigenvalue weighted by molar-refractivity contribution is -0.126. The average Bonchev–Trinajstić information content (AvgIpc) is 3.55. The van der Waals surface area contributed by atoms with Crippen LogP contribution in [0.25, 0.3) is 10.7 Å². The monoisotopic (exact) mass is 445 g/mol. The topological polar surface area (TPSA) is 80.1 Å². The van der Waals surface area contributed by atoms with Crippen molar-refractivity contribution in [3.05, 3.63) is 17.5 Å². The van der Waals surface area contributed by atoms with Gasteiger partial charge in [-0.15, -0.1) is 21.5 Å². The number of carbonyl (C=O) groups excluding carboxylic acids is 2. The summed E-state index contributed by atoms with van der Waals surface area (Å²) >= 11 is 3.08. The van der Waals surface area contributed by atoms with Crippen molar-refractivity contribution in [2.45, 2.75) is 56.0 Å². The van der Waals surface area contributed by atoms with Gasteiger partial charge in [0, 0.05) is 19.1 Å². The van der Waals surface area contributed by atoms with E-state index in [1.165, 1.54) is 42.3 Å². The number of rotatable bonds is 6. The van der Waals surface area contributed by atoms with Crippen LogP contribution in [0.5, 0.6) is 0 Å². The standard InChI is InChI=1S/C21H27N5O2S2/c1-12(16-11-14-5-6-15(16)10-14)26-18(17-4-3-9-29-17)23-24-21(26)30-13(2)19(27)25-8-7-22-20(25)28/h3-4,9,12-16H,5-8,10-11H2,1-2H3,(H,22,28)/t12-,13-,14-,15-,16-/m0/s1. The highest BCUT2D eigenvalue weighted by molar-refractivity contribution is 8.00. The van der Waals surface area contributed by atoms with Gasteiger partial charge in [0.25, 0.3) is 0 Å². The van der Waals surface area contributed by atoms with Crippen molar-refractivity contribution >= 4 is 35.0 Å². The number of thiophene rings is 1. The third-order valence-corrected chi connectivity index (χ3v) is 8.89. The summed E-state index contributed by atoms with van der Waals surface area (Å²) in [4.78, 5) is 27.1. The number of imide groups is 1. The van der Waals surface area contributed by atoms with Crippen LogP contribution >= 0.6 is 23.1 Å².